The summed E-state index contributed by atoms with van der Waals surface area (Å²) in [6.45, 7) is 6.26. The van der Waals surface area contributed by atoms with E-state index in [1.54, 1.807) is 22.8 Å². The number of hydrogen-bond donors (Lipinski definition) is 1. The molecule has 7 nitrogen and oxygen atoms in total. The highest BCUT2D eigenvalue weighted by Crippen LogP contribution is 2.24. The van der Waals surface area contributed by atoms with Gasteiger partial charge in [0.2, 0.25) is 0 Å². The maximum absolute atomic E-state index is 12.6. The minimum Gasteiger partial charge on any atom is -0.296 e. The zero-order valence-corrected chi connectivity index (χ0v) is 16.0. The van der Waals surface area contributed by atoms with Gasteiger partial charge in [-0.15, -0.1) is 11.3 Å². The third-order valence-corrected chi connectivity index (χ3v) is 4.73. The van der Waals surface area contributed by atoms with E-state index in [2.05, 4.69) is 46.1 Å². The van der Waals surface area contributed by atoms with Crippen LogP contribution in [0.1, 0.15) is 37.0 Å². The second-order valence-corrected chi connectivity index (χ2v) is 7.96. The minimum atomic E-state index is -0.315. The number of fused-ring (bicyclic) bond motifs is 1. The van der Waals surface area contributed by atoms with Crippen LogP contribution in [0.2, 0.25) is 0 Å². The molecule has 4 heterocycles. The molecule has 0 spiro atoms. The summed E-state index contributed by atoms with van der Waals surface area (Å²) in [5.41, 5.74) is 3.34. The van der Waals surface area contributed by atoms with Crippen LogP contribution in [0.15, 0.2) is 48.1 Å². The summed E-state index contributed by atoms with van der Waals surface area (Å²) in [6.07, 6.45) is 3.57. The number of amides is 1. The summed E-state index contributed by atoms with van der Waals surface area (Å²) < 4.78 is 1.64. The summed E-state index contributed by atoms with van der Waals surface area (Å²) in [7, 11) is 0. The molecule has 0 saturated heterocycles. The molecule has 0 aliphatic rings. The van der Waals surface area contributed by atoms with Crippen LogP contribution in [0, 0.1) is 0 Å². The first-order valence-electron chi connectivity index (χ1n) is 8.45. The molecule has 4 rings (SSSR count). The molecule has 1 N–H and O–H groups in total. The number of thiazole rings is 1. The fourth-order valence-electron chi connectivity index (χ4n) is 2.49. The first-order valence-corrected chi connectivity index (χ1v) is 9.33. The first kappa shape index (κ1) is 17.3. The maximum Gasteiger partial charge on any atom is 0.277 e. The molecule has 4 aromatic rings. The van der Waals surface area contributed by atoms with E-state index in [0.717, 1.165) is 17.1 Å². The molecule has 0 bridgehead atoms. The van der Waals surface area contributed by atoms with Gasteiger partial charge in [-0.1, -0.05) is 26.8 Å². The smallest absolute Gasteiger partial charge is 0.277 e. The molecule has 0 fully saturated rings. The molecule has 27 heavy (non-hydrogen) atoms. The number of imidazole rings is 1. The number of anilines is 1. The van der Waals surface area contributed by atoms with Crippen LogP contribution in [0.4, 0.5) is 5.13 Å². The van der Waals surface area contributed by atoms with Gasteiger partial charge in [-0.25, -0.2) is 14.5 Å². The van der Waals surface area contributed by atoms with E-state index in [4.69, 9.17) is 0 Å². The summed E-state index contributed by atoms with van der Waals surface area (Å²) in [5, 5.41) is 9.54. The number of hydrogen-bond acceptors (Lipinski definition) is 6. The predicted octanol–water partition coefficient (Wildman–Crippen LogP) is 3.80. The number of aromatic nitrogens is 5. The standard InChI is InChI=1S/C19H18N6OS/c1-19(2,3)15-10-25-16(22-15)8-7-13(24-25)17(26)23-18-21-14(11-27-18)12-6-4-5-9-20-12/h4-11H,1-3H3,(H,21,23,26). The molecule has 0 aliphatic carbocycles. The van der Waals surface area contributed by atoms with Crippen LogP contribution in [0.3, 0.4) is 0 Å². The van der Waals surface area contributed by atoms with Gasteiger partial charge >= 0.3 is 0 Å². The molecule has 0 saturated carbocycles. The lowest BCUT2D eigenvalue weighted by Gasteiger charge is -2.13. The summed E-state index contributed by atoms with van der Waals surface area (Å²) in [4.78, 5) is 25.8. The highest BCUT2D eigenvalue weighted by molar-refractivity contribution is 7.14. The average molecular weight is 378 g/mol. The van der Waals surface area contributed by atoms with E-state index in [-0.39, 0.29) is 11.3 Å². The van der Waals surface area contributed by atoms with Crippen molar-refractivity contribution in [2.75, 3.05) is 5.32 Å². The number of nitrogens with zero attached hydrogens (tertiary/aromatic N) is 5. The maximum atomic E-state index is 12.6. The van der Waals surface area contributed by atoms with E-state index in [1.807, 2.05) is 29.8 Å². The van der Waals surface area contributed by atoms with Gasteiger partial charge < -0.3 is 0 Å². The fourth-order valence-corrected chi connectivity index (χ4v) is 3.19. The van der Waals surface area contributed by atoms with Crippen LogP contribution < -0.4 is 5.32 Å². The van der Waals surface area contributed by atoms with Gasteiger partial charge in [0.25, 0.3) is 5.91 Å². The molecule has 0 unspecified atom stereocenters. The lowest BCUT2D eigenvalue weighted by atomic mass is 9.93. The Morgan fingerprint density at radius 1 is 1.11 bits per heavy atom. The van der Waals surface area contributed by atoms with Crippen LogP contribution in [-0.2, 0) is 5.41 Å². The van der Waals surface area contributed by atoms with Crippen LogP contribution in [-0.4, -0.2) is 30.5 Å². The summed E-state index contributed by atoms with van der Waals surface area (Å²) in [6, 6.07) is 9.08. The molecular formula is C19H18N6OS. The Labute approximate surface area is 160 Å². The third-order valence-electron chi connectivity index (χ3n) is 3.97. The number of carbonyl (C=O) groups excluding carboxylic acids is 1. The van der Waals surface area contributed by atoms with Crippen molar-refractivity contribution in [2.45, 2.75) is 26.2 Å². The van der Waals surface area contributed by atoms with Crippen molar-refractivity contribution < 1.29 is 4.79 Å². The number of carbonyl (C=O) groups is 1. The van der Waals surface area contributed by atoms with E-state index in [9.17, 15) is 4.79 Å². The number of nitrogens with one attached hydrogen (secondary N) is 1. The first-order chi connectivity index (χ1) is 12.9. The topological polar surface area (TPSA) is 85.1 Å². The van der Waals surface area contributed by atoms with Gasteiger partial charge in [-0.2, -0.15) is 5.10 Å². The van der Waals surface area contributed by atoms with Gasteiger partial charge in [-0.3, -0.25) is 15.1 Å². The zero-order valence-electron chi connectivity index (χ0n) is 15.2. The Hall–Kier alpha value is -3.13. The second kappa shape index (κ2) is 6.55. The van der Waals surface area contributed by atoms with Gasteiger partial charge in [0.15, 0.2) is 10.8 Å². The number of rotatable bonds is 3. The van der Waals surface area contributed by atoms with Crippen molar-refractivity contribution in [1.29, 1.82) is 0 Å². The molecule has 4 aromatic heterocycles. The van der Waals surface area contributed by atoms with Crippen LogP contribution >= 0.6 is 11.3 Å². The fraction of sp³-hybridized carbons (Fsp3) is 0.211. The third kappa shape index (κ3) is 3.56. The molecule has 1 amide bonds. The lowest BCUT2D eigenvalue weighted by molar-refractivity contribution is 0.102. The van der Waals surface area contributed by atoms with Crippen LogP contribution in [0.25, 0.3) is 17.0 Å². The molecule has 136 valence electrons. The second-order valence-electron chi connectivity index (χ2n) is 7.10. The lowest BCUT2D eigenvalue weighted by Crippen LogP contribution is -2.15. The average Bonchev–Trinajstić information content (AvgIpc) is 3.28. The summed E-state index contributed by atoms with van der Waals surface area (Å²) in [5.74, 6) is -0.315. The van der Waals surface area contributed by atoms with E-state index in [1.165, 1.54) is 11.3 Å². The van der Waals surface area contributed by atoms with Crippen molar-refractivity contribution in [3.05, 3.63) is 59.5 Å². The van der Waals surface area contributed by atoms with Gasteiger partial charge in [0.1, 0.15) is 11.4 Å². The normalized spacial score (nSPS) is 11.7. The molecule has 0 radical (unpaired) electrons. The Kier molecular flexibility index (Phi) is 4.19. The zero-order chi connectivity index (χ0) is 19.0. The summed E-state index contributed by atoms with van der Waals surface area (Å²) >= 11 is 1.35. The molecular weight excluding hydrogens is 360 g/mol. The van der Waals surface area contributed by atoms with Crippen molar-refractivity contribution in [3.63, 3.8) is 0 Å². The predicted molar refractivity (Wildman–Crippen MR) is 105 cm³/mol. The van der Waals surface area contributed by atoms with Crippen molar-refractivity contribution in [1.82, 2.24) is 24.6 Å². The molecule has 0 aliphatic heterocycles. The Bertz CT molecular complexity index is 1110. The monoisotopic (exact) mass is 378 g/mol. The SMILES string of the molecule is CC(C)(C)c1cn2nc(C(=O)Nc3nc(-c4ccccn4)cs3)ccc2n1. The van der Waals surface area contributed by atoms with Gasteiger partial charge in [0.05, 0.1) is 17.6 Å². The Morgan fingerprint density at radius 2 is 1.96 bits per heavy atom. The van der Waals surface area contributed by atoms with Crippen LogP contribution in [0.5, 0.6) is 0 Å². The highest BCUT2D eigenvalue weighted by atomic mass is 32.1. The van der Waals surface area contributed by atoms with Crippen molar-refractivity contribution in [2.24, 2.45) is 0 Å². The van der Waals surface area contributed by atoms with E-state index in [0.29, 0.717) is 16.5 Å². The van der Waals surface area contributed by atoms with E-state index >= 15 is 0 Å². The van der Waals surface area contributed by atoms with Gasteiger partial charge in [-0.05, 0) is 24.3 Å². The Morgan fingerprint density at radius 3 is 2.70 bits per heavy atom. The van der Waals surface area contributed by atoms with Crippen molar-refractivity contribution >= 4 is 28.0 Å². The largest absolute Gasteiger partial charge is 0.296 e. The molecule has 8 heteroatoms. The number of pyridine rings is 1. The highest BCUT2D eigenvalue weighted by Gasteiger charge is 2.19. The van der Waals surface area contributed by atoms with Gasteiger partial charge in [0, 0.05) is 17.0 Å². The molecule has 0 aromatic carbocycles. The minimum absolute atomic E-state index is 0.0844. The molecule has 0 atom stereocenters. The van der Waals surface area contributed by atoms with E-state index < -0.39 is 0 Å². The van der Waals surface area contributed by atoms with Crippen molar-refractivity contribution in [3.8, 4) is 11.4 Å². The quantitative estimate of drug-likeness (QED) is 0.586. The Balaban J connectivity index is 1.55.